The molecule has 7 nitrogen and oxygen atoms in total. The number of carbonyl (C=O) groups is 1. The van der Waals surface area contributed by atoms with E-state index in [4.69, 9.17) is 11.6 Å². The number of carbonyl (C=O) groups excluding carboxylic acids is 1. The molecule has 1 aliphatic heterocycles. The van der Waals surface area contributed by atoms with Crippen molar-refractivity contribution in [3.05, 3.63) is 69.7 Å². The van der Waals surface area contributed by atoms with Gasteiger partial charge >= 0.3 is 0 Å². The van der Waals surface area contributed by atoms with Crippen LogP contribution >= 0.6 is 27.5 Å². The third-order valence-electron chi connectivity index (χ3n) is 5.75. The Balaban J connectivity index is 1.31. The highest BCUT2D eigenvalue weighted by atomic mass is 79.9. The summed E-state index contributed by atoms with van der Waals surface area (Å²) in [6.07, 6.45) is 7.17. The molecule has 0 bridgehead atoms. The Bertz CT molecular complexity index is 1380. The summed E-state index contributed by atoms with van der Waals surface area (Å²) >= 11 is 9.64. The third-order valence-corrected chi connectivity index (χ3v) is 6.64. The van der Waals surface area contributed by atoms with E-state index in [2.05, 4.69) is 48.1 Å². The van der Waals surface area contributed by atoms with Crippen LogP contribution in [0.3, 0.4) is 0 Å². The van der Waals surface area contributed by atoms with E-state index in [0.29, 0.717) is 23.7 Å². The van der Waals surface area contributed by atoms with Gasteiger partial charge in [-0.2, -0.15) is 0 Å². The van der Waals surface area contributed by atoms with Crippen LogP contribution in [0.4, 0.5) is 5.82 Å². The Morgan fingerprint density at radius 1 is 1.21 bits per heavy atom. The highest BCUT2D eigenvalue weighted by Crippen LogP contribution is 2.29. The average Bonchev–Trinajstić information content (AvgIpc) is 3.47. The highest BCUT2D eigenvalue weighted by molar-refractivity contribution is 9.10. The molecule has 1 unspecified atom stereocenters. The molecular formula is C24H22BrClN6O. The summed E-state index contributed by atoms with van der Waals surface area (Å²) < 4.78 is 0.735. The van der Waals surface area contributed by atoms with E-state index >= 15 is 0 Å². The topological polar surface area (TPSA) is 86.8 Å². The van der Waals surface area contributed by atoms with Gasteiger partial charge in [0, 0.05) is 40.4 Å². The van der Waals surface area contributed by atoms with Crippen molar-refractivity contribution in [2.45, 2.75) is 25.8 Å². The van der Waals surface area contributed by atoms with Crippen LogP contribution in [0.2, 0.25) is 5.02 Å². The van der Waals surface area contributed by atoms with Gasteiger partial charge in [0.15, 0.2) is 0 Å². The number of halogens is 2. The first-order chi connectivity index (χ1) is 16.0. The molecule has 0 radical (unpaired) electrons. The first kappa shape index (κ1) is 21.9. The summed E-state index contributed by atoms with van der Waals surface area (Å²) in [5.41, 5.74) is 3.19. The lowest BCUT2D eigenvalue weighted by Gasteiger charge is -2.18. The number of nitrogens with zero attached hydrogens (tertiary/aromatic N) is 4. The van der Waals surface area contributed by atoms with Crippen LogP contribution < -0.4 is 5.32 Å². The molecule has 2 aromatic heterocycles. The van der Waals surface area contributed by atoms with Crippen LogP contribution in [0.1, 0.15) is 29.5 Å². The van der Waals surface area contributed by atoms with Gasteiger partial charge in [-0.05, 0) is 59.6 Å². The van der Waals surface area contributed by atoms with Gasteiger partial charge in [-0.15, -0.1) is 0 Å². The number of anilines is 1. The number of imidazole rings is 1. The number of rotatable bonds is 6. The van der Waals surface area contributed by atoms with Crippen LogP contribution in [0.15, 0.2) is 53.3 Å². The standard InChI is InChI=1S/C24H22BrClN6O/c1-14(4-7-22-30-19-6-5-15(26)10-21(19)31-22)29-23-17-11-18(25)16(12-20(17)27-13-28-23)24(33)32-8-2-3-9-32/h2-3,5-6,10-14H,4,7-9H2,1H3,(H,30,31)(H,27,28,29). The Labute approximate surface area is 204 Å². The van der Waals surface area contributed by atoms with Gasteiger partial charge in [0.1, 0.15) is 18.0 Å². The number of benzene rings is 2. The van der Waals surface area contributed by atoms with E-state index < -0.39 is 0 Å². The van der Waals surface area contributed by atoms with Gasteiger partial charge in [0.2, 0.25) is 0 Å². The summed E-state index contributed by atoms with van der Waals surface area (Å²) in [5, 5.41) is 5.04. The molecule has 0 fully saturated rings. The van der Waals surface area contributed by atoms with E-state index in [9.17, 15) is 4.79 Å². The summed E-state index contributed by atoms with van der Waals surface area (Å²) in [6, 6.07) is 9.56. The molecule has 1 aliphatic rings. The second kappa shape index (κ2) is 9.11. The van der Waals surface area contributed by atoms with Crippen molar-refractivity contribution in [2.75, 3.05) is 18.4 Å². The molecule has 0 aliphatic carbocycles. The molecule has 1 atom stereocenters. The van der Waals surface area contributed by atoms with Crippen LogP contribution in [-0.4, -0.2) is 49.9 Å². The van der Waals surface area contributed by atoms with Crippen molar-refractivity contribution < 1.29 is 4.79 Å². The molecule has 168 valence electrons. The zero-order valence-corrected chi connectivity index (χ0v) is 20.3. The van der Waals surface area contributed by atoms with Crippen molar-refractivity contribution in [1.82, 2.24) is 24.8 Å². The second-order valence-electron chi connectivity index (χ2n) is 8.18. The fourth-order valence-corrected chi connectivity index (χ4v) is 4.66. The number of nitrogens with one attached hydrogen (secondary N) is 2. The lowest BCUT2D eigenvalue weighted by molar-refractivity contribution is 0.0799. The monoisotopic (exact) mass is 524 g/mol. The molecule has 5 rings (SSSR count). The van der Waals surface area contributed by atoms with E-state index in [1.807, 2.05) is 42.5 Å². The van der Waals surface area contributed by atoms with Crippen molar-refractivity contribution >= 4 is 61.2 Å². The Kier molecular flexibility index (Phi) is 6.03. The Hall–Kier alpha value is -2.97. The maximum Gasteiger partial charge on any atom is 0.255 e. The fourth-order valence-electron chi connectivity index (χ4n) is 3.98. The average molecular weight is 526 g/mol. The quantitative estimate of drug-likeness (QED) is 0.331. The number of aryl methyl sites for hydroxylation is 1. The highest BCUT2D eigenvalue weighted by Gasteiger charge is 2.20. The number of aromatic nitrogens is 4. The molecule has 2 aromatic carbocycles. The van der Waals surface area contributed by atoms with Gasteiger partial charge in [-0.1, -0.05) is 23.8 Å². The molecule has 9 heteroatoms. The molecule has 3 heterocycles. The third kappa shape index (κ3) is 4.58. The van der Waals surface area contributed by atoms with Gasteiger partial charge in [-0.3, -0.25) is 4.79 Å². The predicted octanol–water partition coefficient (Wildman–Crippen LogP) is 5.37. The molecule has 0 spiro atoms. The first-order valence-corrected chi connectivity index (χ1v) is 11.9. The SMILES string of the molecule is CC(CCc1nc2cc(Cl)ccc2[nH]1)Nc1ncnc2cc(C(=O)N3CC=CC3)c(Br)cc12. The largest absolute Gasteiger partial charge is 0.367 e. The normalized spacial score (nSPS) is 14.3. The van der Waals surface area contributed by atoms with E-state index in [1.54, 1.807) is 4.90 Å². The van der Waals surface area contributed by atoms with Crippen LogP contribution in [0.5, 0.6) is 0 Å². The van der Waals surface area contributed by atoms with Gasteiger partial charge in [0.25, 0.3) is 5.91 Å². The van der Waals surface area contributed by atoms with Crippen LogP contribution in [-0.2, 0) is 6.42 Å². The van der Waals surface area contributed by atoms with Crippen molar-refractivity contribution in [2.24, 2.45) is 0 Å². The minimum Gasteiger partial charge on any atom is -0.367 e. The Morgan fingerprint density at radius 2 is 2.03 bits per heavy atom. The fraction of sp³-hybridized carbons (Fsp3) is 0.250. The smallest absolute Gasteiger partial charge is 0.255 e. The minimum atomic E-state index is -0.0117. The van der Waals surface area contributed by atoms with Crippen LogP contribution in [0.25, 0.3) is 21.9 Å². The molecule has 4 aromatic rings. The number of fused-ring (bicyclic) bond motifs is 2. The Morgan fingerprint density at radius 3 is 2.85 bits per heavy atom. The second-order valence-corrected chi connectivity index (χ2v) is 9.47. The summed E-state index contributed by atoms with van der Waals surface area (Å²) in [6.45, 7) is 3.38. The van der Waals surface area contributed by atoms with Gasteiger partial charge in [-0.25, -0.2) is 15.0 Å². The van der Waals surface area contributed by atoms with Crippen molar-refractivity contribution in [3.8, 4) is 0 Å². The van der Waals surface area contributed by atoms with E-state index in [-0.39, 0.29) is 11.9 Å². The summed E-state index contributed by atoms with van der Waals surface area (Å²) in [5.74, 6) is 1.66. The van der Waals surface area contributed by atoms with E-state index in [1.165, 1.54) is 6.33 Å². The molecule has 1 amide bonds. The zero-order chi connectivity index (χ0) is 22.9. The lowest BCUT2D eigenvalue weighted by Crippen LogP contribution is -2.28. The molecule has 33 heavy (non-hydrogen) atoms. The molecule has 0 saturated carbocycles. The number of hydrogen-bond acceptors (Lipinski definition) is 5. The lowest BCUT2D eigenvalue weighted by atomic mass is 10.1. The summed E-state index contributed by atoms with van der Waals surface area (Å²) in [4.78, 5) is 31.5. The predicted molar refractivity (Wildman–Crippen MR) is 135 cm³/mol. The van der Waals surface area contributed by atoms with Crippen molar-refractivity contribution in [1.29, 1.82) is 0 Å². The first-order valence-electron chi connectivity index (χ1n) is 10.8. The maximum atomic E-state index is 12.9. The minimum absolute atomic E-state index is 0.0117. The molecule has 2 N–H and O–H groups in total. The maximum absolute atomic E-state index is 12.9. The van der Waals surface area contributed by atoms with Crippen molar-refractivity contribution in [3.63, 3.8) is 0 Å². The van der Waals surface area contributed by atoms with Crippen LogP contribution in [0, 0.1) is 0 Å². The summed E-state index contributed by atoms with van der Waals surface area (Å²) in [7, 11) is 0. The molecule has 0 saturated heterocycles. The van der Waals surface area contributed by atoms with Gasteiger partial charge in [0.05, 0.1) is 22.1 Å². The zero-order valence-electron chi connectivity index (χ0n) is 18.0. The number of aromatic amines is 1. The number of amides is 1. The molecular weight excluding hydrogens is 504 g/mol. The number of hydrogen-bond donors (Lipinski definition) is 2. The van der Waals surface area contributed by atoms with Gasteiger partial charge < -0.3 is 15.2 Å². The number of H-pyrrole nitrogens is 1. The van der Waals surface area contributed by atoms with E-state index in [0.717, 1.165) is 50.9 Å².